The Bertz CT molecular complexity index is 645. The first-order valence-corrected chi connectivity index (χ1v) is 9.03. The smallest absolute Gasteiger partial charge is 0.252 e. The molecule has 1 atom stereocenters. The average molecular weight is 386 g/mol. The fraction of sp³-hybridized carbons (Fsp3) is 0.556. The number of carbonyl (C=O) groups excluding carboxylic acids is 2. The fourth-order valence-electron chi connectivity index (χ4n) is 3.54. The number of hydrogen-bond acceptors (Lipinski definition) is 3. The first kappa shape index (κ1) is 20.0. The highest BCUT2D eigenvalue weighted by Gasteiger charge is 2.57. The SMILES string of the molecule is CCCNC(=O)c1ccc(NC(=O)C2CC23CCNCC3)cc1Cl.Cl. The summed E-state index contributed by atoms with van der Waals surface area (Å²) in [5, 5.41) is 9.45. The van der Waals surface area contributed by atoms with Crippen LogP contribution in [0.5, 0.6) is 0 Å². The molecule has 0 bridgehead atoms. The van der Waals surface area contributed by atoms with Crippen molar-refractivity contribution < 1.29 is 9.59 Å². The van der Waals surface area contributed by atoms with Gasteiger partial charge in [0.05, 0.1) is 10.6 Å². The van der Waals surface area contributed by atoms with Gasteiger partial charge in [-0.15, -0.1) is 12.4 Å². The third kappa shape index (κ3) is 4.46. The Morgan fingerprint density at radius 3 is 2.68 bits per heavy atom. The number of anilines is 1. The van der Waals surface area contributed by atoms with Crippen LogP contribution in [0, 0.1) is 11.3 Å². The van der Waals surface area contributed by atoms with E-state index >= 15 is 0 Å². The minimum Gasteiger partial charge on any atom is -0.352 e. The van der Waals surface area contributed by atoms with Crippen LogP contribution in [0.15, 0.2) is 18.2 Å². The summed E-state index contributed by atoms with van der Waals surface area (Å²) in [6, 6.07) is 5.05. The zero-order valence-corrected chi connectivity index (χ0v) is 15.9. The van der Waals surface area contributed by atoms with Crippen LogP contribution in [0.3, 0.4) is 0 Å². The molecule has 25 heavy (non-hydrogen) atoms. The summed E-state index contributed by atoms with van der Waals surface area (Å²) in [7, 11) is 0. The van der Waals surface area contributed by atoms with Crippen LogP contribution in [0.2, 0.25) is 5.02 Å². The van der Waals surface area contributed by atoms with E-state index in [1.165, 1.54) is 0 Å². The molecule has 1 heterocycles. The van der Waals surface area contributed by atoms with Gasteiger partial charge in [-0.25, -0.2) is 0 Å². The van der Waals surface area contributed by atoms with E-state index in [2.05, 4.69) is 16.0 Å². The molecule has 1 spiro atoms. The van der Waals surface area contributed by atoms with Crippen LogP contribution in [0.25, 0.3) is 0 Å². The topological polar surface area (TPSA) is 70.2 Å². The molecular formula is C18H25Cl2N3O2. The molecule has 2 aliphatic rings. The number of halogens is 2. The summed E-state index contributed by atoms with van der Waals surface area (Å²) in [5.74, 6) is -0.0161. The third-order valence-corrected chi connectivity index (χ3v) is 5.44. The number of carbonyl (C=O) groups is 2. The molecule has 3 N–H and O–H groups in total. The second-order valence-electron chi connectivity index (χ2n) is 6.81. The lowest BCUT2D eigenvalue weighted by atomic mass is 9.92. The molecule has 0 aromatic heterocycles. The lowest BCUT2D eigenvalue weighted by molar-refractivity contribution is -0.118. The zero-order valence-electron chi connectivity index (χ0n) is 14.4. The maximum absolute atomic E-state index is 12.5. The van der Waals surface area contributed by atoms with E-state index in [-0.39, 0.29) is 35.6 Å². The van der Waals surface area contributed by atoms with Gasteiger partial charge in [-0.3, -0.25) is 9.59 Å². The predicted octanol–water partition coefficient (Wildman–Crippen LogP) is 3.23. The van der Waals surface area contributed by atoms with Crippen LogP contribution in [-0.4, -0.2) is 31.4 Å². The molecule has 138 valence electrons. The second-order valence-corrected chi connectivity index (χ2v) is 7.22. The second kappa shape index (κ2) is 8.39. The Kier molecular flexibility index (Phi) is 6.72. The quantitative estimate of drug-likeness (QED) is 0.728. The minimum atomic E-state index is -0.185. The molecule has 5 nitrogen and oxygen atoms in total. The van der Waals surface area contributed by atoms with E-state index in [4.69, 9.17) is 11.6 Å². The van der Waals surface area contributed by atoms with E-state index in [9.17, 15) is 9.59 Å². The molecule has 2 fully saturated rings. The van der Waals surface area contributed by atoms with Gasteiger partial charge in [0, 0.05) is 18.2 Å². The minimum absolute atomic E-state index is 0. The molecule has 1 aliphatic heterocycles. The van der Waals surface area contributed by atoms with Crippen molar-refractivity contribution in [2.45, 2.75) is 32.6 Å². The van der Waals surface area contributed by atoms with Gasteiger partial charge in [0.1, 0.15) is 0 Å². The highest BCUT2D eigenvalue weighted by molar-refractivity contribution is 6.34. The Morgan fingerprint density at radius 2 is 2.04 bits per heavy atom. The summed E-state index contributed by atoms with van der Waals surface area (Å²) in [4.78, 5) is 24.5. The molecule has 3 rings (SSSR count). The van der Waals surface area contributed by atoms with Crippen LogP contribution < -0.4 is 16.0 Å². The standard InChI is InChI=1S/C18H24ClN3O2.ClH/c1-2-7-21-16(23)13-4-3-12(10-15(13)19)22-17(24)14-11-18(14)5-8-20-9-6-18;/h3-4,10,14,20H,2,5-9,11H2,1H3,(H,21,23)(H,22,24);1H. The molecule has 0 radical (unpaired) electrons. The van der Waals surface area contributed by atoms with Crippen molar-refractivity contribution in [3.63, 3.8) is 0 Å². The van der Waals surface area contributed by atoms with E-state index in [0.29, 0.717) is 22.8 Å². The van der Waals surface area contributed by atoms with E-state index in [1.54, 1.807) is 18.2 Å². The van der Waals surface area contributed by atoms with E-state index in [0.717, 1.165) is 38.8 Å². The van der Waals surface area contributed by atoms with Crippen LogP contribution in [0.1, 0.15) is 43.0 Å². The number of benzene rings is 1. The Hall–Kier alpha value is -1.30. The summed E-state index contributed by atoms with van der Waals surface area (Å²) >= 11 is 6.20. The highest BCUT2D eigenvalue weighted by Crippen LogP contribution is 2.58. The van der Waals surface area contributed by atoms with Gasteiger partial charge in [-0.1, -0.05) is 18.5 Å². The molecule has 1 aromatic carbocycles. The van der Waals surface area contributed by atoms with Crippen molar-refractivity contribution in [1.82, 2.24) is 10.6 Å². The van der Waals surface area contributed by atoms with E-state index in [1.807, 2.05) is 6.92 Å². The Balaban J connectivity index is 0.00000225. The highest BCUT2D eigenvalue weighted by atomic mass is 35.5. The zero-order chi connectivity index (χ0) is 17.2. The maximum atomic E-state index is 12.5. The molecule has 1 unspecified atom stereocenters. The van der Waals surface area contributed by atoms with Gasteiger partial charge < -0.3 is 16.0 Å². The van der Waals surface area contributed by atoms with Crippen molar-refractivity contribution in [1.29, 1.82) is 0 Å². The summed E-state index contributed by atoms with van der Waals surface area (Å²) in [5.41, 5.74) is 1.29. The lowest BCUT2D eigenvalue weighted by Crippen LogP contribution is -2.31. The lowest BCUT2D eigenvalue weighted by Gasteiger charge is -2.23. The van der Waals surface area contributed by atoms with Crippen LogP contribution in [-0.2, 0) is 4.79 Å². The molecule has 2 amide bonds. The van der Waals surface area contributed by atoms with Gasteiger partial charge in [-0.05, 0) is 62.4 Å². The number of nitrogens with one attached hydrogen (secondary N) is 3. The maximum Gasteiger partial charge on any atom is 0.252 e. The molecule has 1 saturated carbocycles. The number of hydrogen-bond donors (Lipinski definition) is 3. The van der Waals surface area contributed by atoms with Crippen molar-refractivity contribution in [3.05, 3.63) is 28.8 Å². The largest absolute Gasteiger partial charge is 0.352 e. The summed E-state index contributed by atoms with van der Waals surface area (Å²) in [6.45, 7) is 4.61. The van der Waals surface area contributed by atoms with Gasteiger partial charge in [0.25, 0.3) is 5.91 Å². The van der Waals surface area contributed by atoms with Gasteiger partial charge >= 0.3 is 0 Å². The first-order valence-electron chi connectivity index (χ1n) is 8.65. The monoisotopic (exact) mass is 385 g/mol. The molecule has 7 heteroatoms. The normalized spacial score (nSPS) is 20.5. The third-order valence-electron chi connectivity index (χ3n) is 5.12. The average Bonchev–Trinajstić information content (AvgIpc) is 3.26. The van der Waals surface area contributed by atoms with Crippen LogP contribution in [0.4, 0.5) is 5.69 Å². The summed E-state index contributed by atoms with van der Waals surface area (Å²) in [6.07, 6.45) is 3.99. The van der Waals surface area contributed by atoms with Crippen LogP contribution >= 0.6 is 24.0 Å². The molecule has 1 aliphatic carbocycles. The number of amides is 2. The van der Waals surface area contributed by atoms with Gasteiger partial charge in [0.15, 0.2) is 0 Å². The van der Waals surface area contributed by atoms with E-state index < -0.39 is 0 Å². The number of piperidine rings is 1. The van der Waals surface area contributed by atoms with Crippen molar-refractivity contribution in [2.24, 2.45) is 11.3 Å². The summed E-state index contributed by atoms with van der Waals surface area (Å²) < 4.78 is 0. The van der Waals surface area contributed by atoms with Crippen molar-refractivity contribution >= 4 is 41.5 Å². The van der Waals surface area contributed by atoms with Gasteiger partial charge in [-0.2, -0.15) is 0 Å². The fourth-order valence-corrected chi connectivity index (χ4v) is 3.80. The molecule has 1 saturated heterocycles. The first-order chi connectivity index (χ1) is 11.6. The molecular weight excluding hydrogens is 361 g/mol. The van der Waals surface area contributed by atoms with Crippen molar-refractivity contribution in [2.75, 3.05) is 25.0 Å². The van der Waals surface area contributed by atoms with Gasteiger partial charge in [0.2, 0.25) is 5.91 Å². The Labute approximate surface area is 159 Å². The molecule has 1 aromatic rings. The van der Waals surface area contributed by atoms with Crippen molar-refractivity contribution in [3.8, 4) is 0 Å². The Morgan fingerprint density at radius 1 is 1.32 bits per heavy atom. The predicted molar refractivity (Wildman–Crippen MR) is 103 cm³/mol. The number of rotatable bonds is 5.